The van der Waals surface area contributed by atoms with Crippen molar-refractivity contribution in [3.05, 3.63) is 53.5 Å². The van der Waals surface area contributed by atoms with Gasteiger partial charge in [0.15, 0.2) is 0 Å². The molecule has 1 heterocycles. The van der Waals surface area contributed by atoms with Gasteiger partial charge in [-0.3, -0.25) is 4.79 Å². The Morgan fingerprint density at radius 3 is 2.71 bits per heavy atom. The van der Waals surface area contributed by atoms with Crippen molar-refractivity contribution in [1.82, 2.24) is 20.2 Å². The third-order valence-corrected chi connectivity index (χ3v) is 3.51. The Morgan fingerprint density at radius 1 is 1.21 bits per heavy atom. The minimum absolute atomic E-state index is 0.219. The van der Waals surface area contributed by atoms with E-state index in [0.29, 0.717) is 18.1 Å². The average Bonchev–Trinajstić information content (AvgIpc) is 2.57. The first-order chi connectivity index (χ1) is 11.5. The quantitative estimate of drug-likeness (QED) is 0.727. The standard InChI is InChI=1S/C18H25N5O/c1-14-6-4-7-15(10-14)11-22-18(24)16-12-21-17(13-20-16)19-8-5-9-23(2)3/h4,6-7,10,12-13H,5,8-9,11H2,1-3H3,(H,19,21)(H,22,24). The summed E-state index contributed by atoms with van der Waals surface area (Å²) in [6.45, 7) is 4.35. The molecule has 0 bridgehead atoms. The molecule has 1 aromatic heterocycles. The van der Waals surface area contributed by atoms with Gasteiger partial charge in [-0.25, -0.2) is 9.97 Å². The highest BCUT2D eigenvalue weighted by molar-refractivity contribution is 5.91. The Labute approximate surface area is 143 Å². The van der Waals surface area contributed by atoms with Crippen molar-refractivity contribution < 1.29 is 4.79 Å². The van der Waals surface area contributed by atoms with Crippen LogP contribution in [0.15, 0.2) is 36.7 Å². The molecule has 6 heteroatoms. The van der Waals surface area contributed by atoms with Gasteiger partial charge < -0.3 is 15.5 Å². The van der Waals surface area contributed by atoms with Gasteiger partial charge in [0.05, 0.1) is 12.4 Å². The number of nitrogens with zero attached hydrogens (tertiary/aromatic N) is 3. The SMILES string of the molecule is Cc1cccc(CNC(=O)c2cnc(NCCCN(C)C)cn2)c1. The highest BCUT2D eigenvalue weighted by Gasteiger charge is 2.07. The lowest BCUT2D eigenvalue weighted by Crippen LogP contribution is -2.24. The number of aryl methyl sites for hydroxylation is 1. The summed E-state index contributed by atoms with van der Waals surface area (Å²) in [6, 6.07) is 8.04. The van der Waals surface area contributed by atoms with E-state index >= 15 is 0 Å². The lowest BCUT2D eigenvalue weighted by Gasteiger charge is -2.10. The van der Waals surface area contributed by atoms with Crippen molar-refractivity contribution in [2.45, 2.75) is 19.9 Å². The molecule has 24 heavy (non-hydrogen) atoms. The average molecular weight is 327 g/mol. The van der Waals surface area contributed by atoms with Gasteiger partial charge in [0.1, 0.15) is 11.5 Å². The molecule has 2 aromatic rings. The maximum absolute atomic E-state index is 12.1. The molecule has 0 aliphatic heterocycles. The molecule has 0 fully saturated rings. The van der Waals surface area contributed by atoms with E-state index < -0.39 is 0 Å². The van der Waals surface area contributed by atoms with Crippen molar-refractivity contribution in [1.29, 1.82) is 0 Å². The zero-order valence-corrected chi connectivity index (χ0v) is 14.5. The number of amides is 1. The van der Waals surface area contributed by atoms with Gasteiger partial charge in [0.2, 0.25) is 0 Å². The van der Waals surface area contributed by atoms with Crippen LogP contribution in [0.25, 0.3) is 0 Å². The summed E-state index contributed by atoms with van der Waals surface area (Å²) in [5.74, 6) is 0.465. The summed E-state index contributed by atoms with van der Waals surface area (Å²) < 4.78 is 0. The summed E-state index contributed by atoms with van der Waals surface area (Å²) in [5, 5.41) is 6.06. The summed E-state index contributed by atoms with van der Waals surface area (Å²) in [5.41, 5.74) is 2.56. The predicted octanol–water partition coefficient (Wildman–Crippen LogP) is 2.08. The van der Waals surface area contributed by atoms with Crippen LogP contribution in [0.2, 0.25) is 0 Å². The fourth-order valence-corrected chi connectivity index (χ4v) is 2.24. The van der Waals surface area contributed by atoms with E-state index in [4.69, 9.17) is 0 Å². The molecule has 0 aliphatic carbocycles. The molecule has 0 atom stereocenters. The van der Waals surface area contributed by atoms with Crippen LogP contribution in [0.3, 0.4) is 0 Å². The third kappa shape index (κ3) is 5.96. The molecule has 0 unspecified atom stereocenters. The highest BCUT2D eigenvalue weighted by atomic mass is 16.1. The van der Waals surface area contributed by atoms with Gasteiger partial charge in [0, 0.05) is 13.1 Å². The lowest BCUT2D eigenvalue weighted by molar-refractivity contribution is 0.0945. The van der Waals surface area contributed by atoms with E-state index in [1.165, 1.54) is 11.8 Å². The molecule has 0 spiro atoms. The Balaban J connectivity index is 1.80. The van der Waals surface area contributed by atoms with E-state index in [2.05, 4.69) is 25.5 Å². The second-order valence-corrected chi connectivity index (χ2v) is 6.04. The van der Waals surface area contributed by atoms with Crippen LogP contribution >= 0.6 is 0 Å². The van der Waals surface area contributed by atoms with Crippen molar-refractivity contribution >= 4 is 11.7 Å². The normalized spacial score (nSPS) is 10.7. The number of aromatic nitrogens is 2. The Morgan fingerprint density at radius 2 is 2.04 bits per heavy atom. The van der Waals surface area contributed by atoms with Gasteiger partial charge in [0.25, 0.3) is 5.91 Å². The third-order valence-electron chi connectivity index (χ3n) is 3.51. The van der Waals surface area contributed by atoms with E-state index in [0.717, 1.165) is 25.1 Å². The molecule has 1 amide bonds. The molecule has 1 aromatic carbocycles. The van der Waals surface area contributed by atoms with Gasteiger partial charge in [-0.05, 0) is 39.5 Å². The number of carbonyl (C=O) groups is 1. The first-order valence-electron chi connectivity index (χ1n) is 8.09. The minimum Gasteiger partial charge on any atom is -0.369 e. The summed E-state index contributed by atoms with van der Waals surface area (Å²) >= 11 is 0. The van der Waals surface area contributed by atoms with E-state index in [-0.39, 0.29) is 5.91 Å². The molecular weight excluding hydrogens is 302 g/mol. The molecule has 0 aliphatic rings. The molecule has 0 saturated carbocycles. The Hall–Kier alpha value is -2.47. The van der Waals surface area contributed by atoms with Crippen LogP contribution in [-0.2, 0) is 6.54 Å². The monoisotopic (exact) mass is 327 g/mol. The molecule has 128 valence electrons. The van der Waals surface area contributed by atoms with Crippen molar-refractivity contribution in [2.24, 2.45) is 0 Å². The van der Waals surface area contributed by atoms with Gasteiger partial charge >= 0.3 is 0 Å². The van der Waals surface area contributed by atoms with Gasteiger partial charge in [-0.1, -0.05) is 29.8 Å². The minimum atomic E-state index is -0.219. The van der Waals surface area contributed by atoms with Gasteiger partial charge in [-0.15, -0.1) is 0 Å². The van der Waals surface area contributed by atoms with Crippen LogP contribution < -0.4 is 10.6 Å². The number of benzene rings is 1. The molecule has 2 N–H and O–H groups in total. The van der Waals surface area contributed by atoms with E-state index in [1.54, 1.807) is 6.20 Å². The van der Waals surface area contributed by atoms with Gasteiger partial charge in [-0.2, -0.15) is 0 Å². The maximum Gasteiger partial charge on any atom is 0.271 e. The maximum atomic E-state index is 12.1. The molecule has 2 rings (SSSR count). The Kier molecular flexibility index (Phi) is 6.69. The number of carbonyl (C=O) groups excluding carboxylic acids is 1. The molecule has 0 saturated heterocycles. The van der Waals surface area contributed by atoms with Crippen molar-refractivity contribution in [2.75, 3.05) is 32.5 Å². The van der Waals surface area contributed by atoms with Crippen LogP contribution in [0.4, 0.5) is 5.82 Å². The molecule has 0 radical (unpaired) electrons. The second-order valence-electron chi connectivity index (χ2n) is 6.04. The first-order valence-corrected chi connectivity index (χ1v) is 8.09. The number of hydrogen-bond donors (Lipinski definition) is 2. The van der Waals surface area contributed by atoms with Crippen LogP contribution in [0.1, 0.15) is 28.0 Å². The van der Waals surface area contributed by atoms with Crippen LogP contribution in [-0.4, -0.2) is 48.0 Å². The Bertz CT molecular complexity index is 655. The summed E-state index contributed by atoms with van der Waals surface area (Å²) in [4.78, 5) is 22.7. The lowest BCUT2D eigenvalue weighted by atomic mass is 10.1. The molecular formula is C18H25N5O. The van der Waals surface area contributed by atoms with Crippen LogP contribution in [0.5, 0.6) is 0 Å². The zero-order valence-electron chi connectivity index (χ0n) is 14.5. The number of anilines is 1. The first kappa shape index (κ1) is 17.9. The summed E-state index contributed by atoms with van der Waals surface area (Å²) in [6.07, 6.45) is 4.12. The van der Waals surface area contributed by atoms with Crippen molar-refractivity contribution in [3.8, 4) is 0 Å². The fourth-order valence-electron chi connectivity index (χ4n) is 2.24. The largest absolute Gasteiger partial charge is 0.369 e. The number of nitrogens with one attached hydrogen (secondary N) is 2. The number of hydrogen-bond acceptors (Lipinski definition) is 5. The van der Waals surface area contributed by atoms with E-state index in [9.17, 15) is 4.79 Å². The second kappa shape index (κ2) is 8.98. The van der Waals surface area contributed by atoms with E-state index in [1.807, 2.05) is 45.3 Å². The molecule has 6 nitrogen and oxygen atoms in total. The summed E-state index contributed by atoms with van der Waals surface area (Å²) in [7, 11) is 4.09. The van der Waals surface area contributed by atoms with Crippen molar-refractivity contribution in [3.63, 3.8) is 0 Å². The topological polar surface area (TPSA) is 70.2 Å². The zero-order chi connectivity index (χ0) is 17.4. The predicted molar refractivity (Wildman–Crippen MR) is 96.0 cm³/mol. The van der Waals surface area contributed by atoms with Crippen LogP contribution in [0, 0.1) is 6.92 Å². The highest BCUT2D eigenvalue weighted by Crippen LogP contribution is 2.05. The number of rotatable bonds is 8. The fraction of sp³-hybridized carbons (Fsp3) is 0.389. The smallest absolute Gasteiger partial charge is 0.271 e.